The van der Waals surface area contributed by atoms with Gasteiger partial charge in [-0.25, -0.2) is 0 Å². The van der Waals surface area contributed by atoms with Crippen molar-refractivity contribution in [3.05, 3.63) is 28.2 Å². The van der Waals surface area contributed by atoms with Gasteiger partial charge in [-0.15, -0.1) is 21.5 Å². The molecule has 0 bridgehead atoms. The second kappa shape index (κ2) is 9.62. The Morgan fingerprint density at radius 2 is 1.97 bits per heavy atom. The summed E-state index contributed by atoms with van der Waals surface area (Å²) in [5.41, 5.74) is 0. The number of nitrogens with zero attached hydrogens (tertiary/aromatic N) is 4. The largest absolute Gasteiger partial charge is 0.372 e. The van der Waals surface area contributed by atoms with Crippen LogP contribution in [0.3, 0.4) is 0 Å². The summed E-state index contributed by atoms with van der Waals surface area (Å²) in [6, 6.07) is 4.69. The molecule has 2 fully saturated rings. The maximum atomic E-state index is 12.8. The van der Waals surface area contributed by atoms with E-state index in [4.69, 9.17) is 4.74 Å². The monoisotopic (exact) mass is 434 g/mol. The molecule has 3 heterocycles. The highest BCUT2D eigenvalue weighted by Crippen LogP contribution is 2.33. The quantitative estimate of drug-likeness (QED) is 0.639. The van der Waals surface area contributed by atoms with Gasteiger partial charge in [-0.2, -0.15) is 0 Å². The highest BCUT2D eigenvalue weighted by atomic mass is 32.2. The van der Waals surface area contributed by atoms with E-state index in [1.165, 1.54) is 48.7 Å². The van der Waals surface area contributed by atoms with E-state index in [1.54, 1.807) is 11.3 Å². The number of morpholine rings is 1. The predicted molar refractivity (Wildman–Crippen MR) is 117 cm³/mol. The number of hydrogen-bond donors (Lipinski definition) is 0. The van der Waals surface area contributed by atoms with Gasteiger partial charge in [-0.05, 0) is 38.1 Å². The topological polar surface area (TPSA) is 60.2 Å². The van der Waals surface area contributed by atoms with Gasteiger partial charge in [0.25, 0.3) is 0 Å². The van der Waals surface area contributed by atoms with Crippen LogP contribution in [0.5, 0.6) is 0 Å². The van der Waals surface area contributed by atoms with E-state index >= 15 is 0 Å². The van der Waals surface area contributed by atoms with Crippen LogP contribution < -0.4 is 0 Å². The van der Waals surface area contributed by atoms with Gasteiger partial charge < -0.3 is 14.2 Å². The minimum Gasteiger partial charge on any atom is -0.372 e. The molecule has 2 aliphatic rings. The van der Waals surface area contributed by atoms with E-state index in [1.807, 2.05) is 18.7 Å². The summed E-state index contributed by atoms with van der Waals surface area (Å²) in [4.78, 5) is 16.0. The van der Waals surface area contributed by atoms with Gasteiger partial charge >= 0.3 is 0 Å². The molecule has 1 saturated heterocycles. The first-order valence-corrected chi connectivity index (χ1v) is 12.5. The molecule has 2 aromatic rings. The minimum atomic E-state index is 0.0935. The summed E-state index contributed by atoms with van der Waals surface area (Å²) in [6.45, 7) is 5.39. The van der Waals surface area contributed by atoms with Crippen LogP contribution in [0.25, 0.3) is 0 Å². The van der Waals surface area contributed by atoms with Crippen molar-refractivity contribution in [3.63, 3.8) is 0 Å². The maximum absolute atomic E-state index is 12.8. The lowest BCUT2D eigenvalue weighted by molar-refractivity contribution is -0.140. The molecule has 1 aliphatic carbocycles. The molecule has 8 heteroatoms. The average Bonchev–Trinajstić information content (AvgIpc) is 3.36. The van der Waals surface area contributed by atoms with E-state index in [0.717, 1.165) is 17.4 Å². The Hall–Kier alpha value is -1.38. The number of thiophene rings is 1. The Balaban J connectivity index is 1.47. The first kappa shape index (κ1) is 20.9. The molecule has 4 rings (SSSR count). The van der Waals surface area contributed by atoms with Crippen LogP contribution in [0.4, 0.5) is 0 Å². The van der Waals surface area contributed by atoms with Crippen molar-refractivity contribution in [1.82, 2.24) is 19.7 Å². The fourth-order valence-electron chi connectivity index (χ4n) is 4.40. The summed E-state index contributed by atoms with van der Waals surface area (Å²) in [6.07, 6.45) is 7.18. The summed E-state index contributed by atoms with van der Waals surface area (Å²) in [5.74, 6) is 1.60. The summed E-state index contributed by atoms with van der Waals surface area (Å²) >= 11 is 3.30. The molecule has 1 saturated carbocycles. The van der Waals surface area contributed by atoms with Crippen molar-refractivity contribution in [2.45, 2.75) is 75.8 Å². The van der Waals surface area contributed by atoms with Crippen molar-refractivity contribution < 1.29 is 9.53 Å². The van der Waals surface area contributed by atoms with E-state index in [0.29, 0.717) is 24.9 Å². The number of hydrogen-bond acceptors (Lipinski definition) is 6. The zero-order chi connectivity index (χ0) is 20.2. The van der Waals surface area contributed by atoms with E-state index in [2.05, 4.69) is 32.3 Å². The van der Waals surface area contributed by atoms with Crippen molar-refractivity contribution >= 4 is 29.0 Å². The van der Waals surface area contributed by atoms with E-state index in [-0.39, 0.29) is 18.1 Å². The lowest BCUT2D eigenvalue weighted by atomic mass is 9.95. The molecule has 2 aromatic heterocycles. The molecule has 0 aromatic carbocycles. The number of amides is 1. The zero-order valence-corrected chi connectivity index (χ0v) is 18.9. The molecule has 0 N–H and O–H groups in total. The van der Waals surface area contributed by atoms with Gasteiger partial charge in [-0.3, -0.25) is 4.79 Å². The van der Waals surface area contributed by atoms with E-state index < -0.39 is 0 Å². The van der Waals surface area contributed by atoms with Crippen molar-refractivity contribution in [3.8, 4) is 0 Å². The van der Waals surface area contributed by atoms with Crippen molar-refractivity contribution in [2.24, 2.45) is 0 Å². The first-order valence-electron chi connectivity index (χ1n) is 10.6. The number of carbonyl (C=O) groups is 1. The van der Waals surface area contributed by atoms with Crippen LogP contribution in [-0.2, 0) is 16.0 Å². The Morgan fingerprint density at radius 1 is 1.21 bits per heavy atom. The van der Waals surface area contributed by atoms with Crippen LogP contribution in [0, 0.1) is 0 Å². The molecule has 0 radical (unpaired) electrons. The summed E-state index contributed by atoms with van der Waals surface area (Å²) in [7, 11) is 0. The third-order valence-electron chi connectivity index (χ3n) is 5.68. The molecule has 0 unspecified atom stereocenters. The third-order valence-corrected chi connectivity index (χ3v) is 7.49. The van der Waals surface area contributed by atoms with Gasteiger partial charge in [0.15, 0.2) is 5.16 Å². The zero-order valence-electron chi connectivity index (χ0n) is 17.2. The highest BCUT2D eigenvalue weighted by Gasteiger charge is 2.27. The minimum absolute atomic E-state index is 0.0935. The van der Waals surface area contributed by atoms with Crippen LogP contribution >= 0.6 is 23.1 Å². The normalized spacial score (nSPS) is 23.4. The van der Waals surface area contributed by atoms with Gasteiger partial charge in [0, 0.05) is 30.4 Å². The van der Waals surface area contributed by atoms with Gasteiger partial charge in [0.05, 0.1) is 18.0 Å². The van der Waals surface area contributed by atoms with Crippen molar-refractivity contribution in [1.29, 1.82) is 0 Å². The Bertz CT molecular complexity index is 792. The van der Waals surface area contributed by atoms with Gasteiger partial charge in [-0.1, -0.05) is 37.1 Å². The summed E-state index contributed by atoms with van der Waals surface area (Å²) in [5, 5.41) is 12.0. The number of thioether (sulfide) groups is 1. The average molecular weight is 435 g/mol. The number of aromatic nitrogens is 3. The molecule has 29 heavy (non-hydrogen) atoms. The molecule has 1 aliphatic heterocycles. The number of rotatable bonds is 6. The van der Waals surface area contributed by atoms with E-state index in [9.17, 15) is 4.79 Å². The lowest BCUT2D eigenvalue weighted by Crippen LogP contribution is -2.48. The highest BCUT2D eigenvalue weighted by molar-refractivity contribution is 7.99. The Kier molecular flexibility index (Phi) is 6.92. The Morgan fingerprint density at radius 3 is 2.66 bits per heavy atom. The molecule has 1 amide bonds. The van der Waals surface area contributed by atoms with Crippen LogP contribution in [0.15, 0.2) is 22.7 Å². The second-order valence-corrected chi connectivity index (χ2v) is 10.1. The Labute approximate surface area is 181 Å². The van der Waals surface area contributed by atoms with Crippen molar-refractivity contribution in [2.75, 3.05) is 18.8 Å². The lowest BCUT2D eigenvalue weighted by Gasteiger charge is -2.35. The number of carbonyl (C=O) groups excluding carboxylic acids is 1. The predicted octanol–water partition coefficient (Wildman–Crippen LogP) is 4.16. The second-order valence-electron chi connectivity index (χ2n) is 8.16. The SMILES string of the molecule is C[C@@H]1CN(C(=O)CSc2nnc(Cc3cccs3)n2C2CCCCC2)C[C@H](C)O1. The van der Waals surface area contributed by atoms with Gasteiger partial charge in [0.1, 0.15) is 5.82 Å². The van der Waals surface area contributed by atoms with Crippen LogP contribution in [0.1, 0.15) is 62.7 Å². The molecule has 6 nitrogen and oxygen atoms in total. The molecular formula is C21H30N4O2S2. The molecule has 158 valence electrons. The molecular weight excluding hydrogens is 404 g/mol. The number of ether oxygens (including phenoxy) is 1. The maximum Gasteiger partial charge on any atom is 0.233 e. The first-order chi connectivity index (χ1) is 14.1. The fraction of sp³-hybridized carbons (Fsp3) is 0.667. The third kappa shape index (κ3) is 5.22. The van der Waals surface area contributed by atoms with Crippen LogP contribution in [0.2, 0.25) is 0 Å². The van der Waals surface area contributed by atoms with Crippen LogP contribution in [-0.4, -0.2) is 56.6 Å². The summed E-state index contributed by atoms with van der Waals surface area (Å²) < 4.78 is 8.09. The molecule has 0 spiro atoms. The standard InChI is InChI=1S/C21H30N4O2S2/c1-15-12-24(13-16(2)27-15)20(26)14-29-21-23-22-19(11-18-9-6-10-28-18)25(21)17-7-4-3-5-8-17/h6,9-10,15-17H,3-5,7-8,11-14H2,1-2H3/t15-,16+. The fourth-order valence-corrected chi connectivity index (χ4v) is 6.03. The van der Waals surface area contributed by atoms with Gasteiger partial charge in [0.2, 0.25) is 5.91 Å². The smallest absolute Gasteiger partial charge is 0.233 e. The molecule has 2 atom stereocenters.